The van der Waals surface area contributed by atoms with Crippen molar-refractivity contribution >= 4 is 28.9 Å². The number of ether oxygens (including phenoxy) is 1. The van der Waals surface area contributed by atoms with Gasteiger partial charge in [-0.2, -0.15) is 0 Å². The zero-order valence-electron chi connectivity index (χ0n) is 15.7. The minimum absolute atomic E-state index is 0.314. The van der Waals surface area contributed by atoms with E-state index in [2.05, 4.69) is 10.3 Å². The number of nitrogens with zero attached hydrogens (tertiary/aromatic N) is 1. The molecule has 0 radical (unpaired) electrons. The normalized spacial score (nSPS) is 11.7. The van der Waals surface area contributed by atoms with E-state index in [1.165, 1.54) is 19.1 Å². The van der Waals surface area contributed by atoms with Crippen molar-refractivity contribution in [2.24, 2.45) is 0 Å². The fraction of sp³-hybridized carbons (Fsp3) is 0.190. The van der Waals surface area contributed by atoms with Gasteiger partial charge < -0.3 is 10.1 Å². The van der Waals surface area contributed by atoms with Gasteiger partial charge in [-0.05, 0) is 57.2 Å². The number of anilines is 1. The van der Waals surface area contributed by atoms with Crippen LogP contribution >= 0.6 is 11.3 Å². The number of thiazole rings is 1. The Bertz CT molecular complexity index is 997. The van der Waals surface area contributed by atoms with Crippen molar-refractivity contribution in [2.75, 3.05) is 5.32 Å². The number of hydrogen-bond acceptors (Lipinski definition) is 5. The van der Waals surface area contributed by atoms with E-state index < -0.39 is 18.0 Å². The van der Waals surface area contributed by atoms with E-state index in [-0.39, 0.29) is 5.82 Å². The number of aromatic nitrogens is 1. The Balaban J connectivity index is 1.67. The molecule has 3 rings (SSSR count). The molecule has 1 N–H and O–H groups in total. The van der Waals surface area contributed by atoms with E-state index in [0.717, 1.165) is 16.9 Å². The number of halogens is 1. The zero-order chi connectivity index (χ0) is 20.3. The number of amides is 1. The Morgan fingerprint density at radius 1 is 1.07 bits per heavy atom. The molecule has 0 bridgehead atoms. The molecule has 28 heavy (non-hydrogen) atoms. The first-order valence-electron chi connectivity index (χ1n) is 8.65. The van der Waals surface area contributed by atoms with Gasteiger partial charge in [0.15, 0.2) is 6.10 Å². The van der Waals surface area contributed by atoms with Crippen LogP contribution < -0.4 is 5.32 Å². The number of carbonyl (C=O) groups is 2. The van der Waals surface area contributed by atoms with Crippen LogP contribution in [0, 0.1) is 19.7 Å². The average Bonchev–Trinajstić information content (AvgIpc) is 3.06. The van der Waals surface area contributed by atoms with Gasteiger partial charge in [-0.1, -0.05) is 17.7 Å². The molecule has 5 nitrogen and oxygen atoms in total. The van der Waals surface area contributed by atoms with Crippen LogP contribution in [0.25, 0.3) is 10.6 Å². The Hall–Kier alpha value is -3.06. The smallest absolute Gasteiger partial charge is 0.351 e. The number of aryl methyl sites for hydroxylation is 2. The van der Waals surface area contributed by atoms with Gasteiger partial charge in [0.1, 0.15) is 15.7 Å². The number of esters is 1. The molecule has 1 amide bonds. The fourth-order valence-corrected chi connectivity index (χ4v) is 3.40. The number of carbonyl (C=O) groups excluding carboxylic acids is 2. The van der Waals surface area contributed by atoms with Crippen molar-refractivity contribution in [1.29, 1.82) is 0 Å². The highest BCUT2D eigenvalue weighted by Gasteiger charge is 2.23. The van der Waals surface area contributed by atoms with Gasteiger partial charge in [0.2, 0.25) is 0 Å². The first-order valence-corrected chi connectivity index (χ1v) is 9.47. The van der Waals surface area contributed by atoms with E-state index >= 15 is 0 Å². The summed E-state index contributed by atoms with van der Waals surface area (Å²) in [6.45, 7) is 5.16. The molecule has 3 aromatic rings. The summed E-state index contributed by atoms with van der Waals surface area (Å²) >= 11 is 1.15. The Labute approximate surface area is 166 Å². The van der Waals surface area contributed by atoms with Gasteiger partial charge in [-0.25, -0.2) is 14.2 Å². The second kappa shape index (κ2) is 8.31. The average molecular weight is 398 g/mol. The molecule has 1 atom stereocenters. The van der Waals surface area contributed by atoms with Crippen molar-refractivity contribution in [2.45, 2.75) is 26.9 Å². The third-order valence-corrected chi connectivity index (χ3v) is 5.23. The molecular formula is C21H19FN2O3S. The molecule has 2 aromatic carbocycles. The van der Waals surface area contributed by atoms with Gasteiger partial charge in [0, 0.05) is 11.3 Å². The Morgan fingerprint density at radius 2 is 1.71 bits per heavy atom. The highest BCUT2D eigenvalue weighted by Crippen LogP contribution is 2.28. The molecule has 144 valence electrons. The van der Waals surface area contributed by atoms with Crippen molar-refractivity contribution in [3.63, 3.8) is 0 Å². The van der Waals surface area contributed by atoms with Gasteiger partial charge in [-0.3, -0.25) is 4.79 Å². The molecule has 0 unspecified atom stereocenters. The standard InChI is InChI=1S/C21H19FN2O3S/c1-12-4-10-17(11-5-12)24-19(25)14(3)27-21(26)18-13(2)23-20(28-18)15-6-8-16(22)9-7-15/h4-11,14H,1-3H3,(H,24,25)/t14-/m1/s1. The van der Waals surface area contributed by atoms with Crippen LogP contribution in [-0.2, 0) is 9.53 Å². The monoisotopic (exact) mass is 398 g/mol. The number of nitrogens with one attached hydrogen (secondary N) is 1. The predicted octanol–water partition coefficient (Wildman–Crippen LogP) is 4.75. The summed E-state index contributed by atoms with van der Waals surface area (Å²) in [7, 11) is 0. The van der Waals surface area contributed by atoms with Crippen LogP contribution in [0.15, 0.2) is 48.5 Å². The predicted molar refractivity (Wildman–Crippen MR) is 107 cm³/mol. The van der Waals surface area contributed by atoms with Gasteiger partial charge in [-0.15, -0.1) is 11.3 Å². The molecule has 7 heteroatoms. The number of benzene rings is 2. The first-order chi connectivity index (χ1) is 13.3. The van der Waals surface area contributed by atoms with Crippen molar-refractivity contribution in [1.82, 2.24) is 4.98 Å². The van der Waals surface area contributed by atoms with Crippen molar-refractivity contribution in [3.05, 3.63) is 70.5 Å². The molecule has 1 aromatic heterocycles. The summed E-state index contributed by atoms with van der Waals surface area (Å²) in [5.41, 5.74) is 2.92. The van der Waals surface area contributed by atoms with E-state index in [1.54, 1.807) is 31.2 Å². The first kappa shape index (κ1) is 19.7. The molecule has 0 aliphatic heterocycles. The maximum atomic E-state index is 13.1. The van der Waals surface area contributed by atoms with E-state index in [9.17, 15) is 14.0 Å². The molecule has 0 saturated heterocycles. The molecule has 0 fully saturated rings. The largest absolute Gasteiger partial charge is 0.448 e. The van der Waals surface area contributed by atoms with E-state index in [1.807, 2.05) is 19.1 Å². The minimum Gasteiger partial charge on any atom is -0.448 e. The van der Waals surface area contributed by atoms with Crippen LogP contribution in [0.4, 0.5) is 10.1 Å². The lowest BCUT2D eigenvalue weighted by atomic mass is 10.2. The lowest BCUT2D eigenvalue weighted by molar-refractivity contribution is -0.123. The third kappa shape index (κ3) is 4.61. The lowest BCUT2D eigenvalue weighted by Gasteiger charge is -2.13. The molecule has 0 saturated carbocycles. The number of hydrogen-bond donors (Lipinski definition) is 1. The second-order valence-corrected chi connectivity index (χ2v) is 7.34. The topological polar surface area (TPSA) is 68.3 Å². The van der Waals surface area contributed by atoms with Crippen LogP contribution in [0.5, 0.6) is 0 Å². The zero-order valence-corrected chi connectivity index (χ0v) is 16.5. The summed E-state index contributed by atoms with van der Waals surface area (Å²) in [5, 5.41) is 3.30. The van der Waals surface area contributed by atoms with Crippen LogP contribution in [0.1, 0.15) is 27.9 Å². The highest BCUT2D eigenvalue weighted by molar-refractivity contribution is 7.17. The SMILES string of the molecule is Cc1ccc(NC(=O)[C@@H](C)OC(=O)c2sc(-c3ccc(F)cc3)nc2C)cc1. The Kier molecular flexibility index (Phi) is 5.84. The lowest BCUT2D eigenvalue weighted by Crippen LogP contribution is -2.29. The van der Waals surface area contributed by atoms with Gasteiger partial charge >= 0.3 is 5.97 Å². The summed E-state index contributed by atoms with van der Waals surface area (Å²) < 4.78 is 18.4. The van der Waals surface area contributed by atoms with Gasteiger partial charge in [0.05, 0.1) is 5.69 Å². The van der Waals surface area contributed by atoms with E-state index in [0.29, 0.717) is 26.8 Å². The highest BCUT2D eigenvalue weighted by atomic mass is 32.1. The van der Waals surface area contributed by atoms with Crippen LogP contribution in [0.3, 0.4) is 0 Å². The molecule has 0 aliphatic carbocycles. The quantitative estimate of drug-likeness (QED) is 0.630. The summed E-state index contributed by atoms with van der Waals surface area (Å²) in [6, 6.07) is 13.2. The number of rotatable bonds is 5. The molecule has 0 aliphatic rings. The van der Waals surface area contributed by atoms with Crippen molar-refractivity contribution < 1.29 is 18.7 Å². The summed E-state index contributed by atoms with van der Waals surface area (Å²) in [4.78, 5) is 29.4. The summed E-state index contributed by atoms with van der Waals surface area (Å²) in [5.74, 6) is -1.38. The van der Waals surface area contributed by atoms with E-state index in [4.69, 9.17) is 4.74 Å². The molecular weight excluding hydrogens is 379 g/mol. The van der Waals surface area contributed by atoms with Crippen LogP contribution in [0.2, 0.25) is 0 Å². The summed E-state index contributed by atoms with van der Waals surface area (Å²) in [6.07, 6.45) is -0.968. The van der Waals surface area contributed by atoms with Crippen LogP contribution in [-0.4, -0.2) is 23.0 Å². The maximum Gasteiger partial charge on any atom is 0.351 e. The molecule has 1 heterocycles. The second-order valence-electron chi connectivity index (χ2n) is 6.34. The minimum atomic E-state index is -0.968. The fourth-order valence-electron chi connectivity index (χ4n) is 2.45. The third-order valence-electron chi connectivity index (χ3n) is 4.05. The van der Waals surface area contributed by atoms with Crippen molar-refractivity contribution in [3.8, 4) is 10.6 Å². The molecule has 0 spiro atoms. The van der Waals surface area contributed by atoms with Gasteiger partial charge in [0.25, 0.3) is 5.91 Å². The Morgan fingerprint density at radius 3 is 2.36 bits per heavy atom. The maximum absolute atomic E-state index is 13.1.